The lowest BCUT2D eigenvalue weighted by molar-refractivity contribution is 0.0504. The average molecular weight is 346 g/mol. The summed E-state index contributed by atoms with van der Waals surface area (Å²) in [5.41, 5.74) is 6.72. The molecule has 0 aliphatic rings. The van der Waals surface area contributed by atoms with Crippen LogP contribution in [0.25, 0.3) is 11.4 Å². The van der Waals surface area contributed by atoms with E-state index in [0.29, 0.717) is 17.7 Å². The number of aromatic nitrogens is 3. The lowest BCUT2D eigenvalue weighted by Crippen LogP contribution is -2.34. The van der Waals surface area contributed by atoms with E-state index in [4.69, 9.17) is 14.6 Å². The standard InChI is InChI=1S/C18H25N5O2/c1-6-7-14(22-17(24)25-18(2,3)4)12-8-9-20-15(10-12)16-13(19)11-21-23(16)5/h6,8-11,14H,1,7,19H2,2-5H3,(H,22,24)/t14-/m0/s1/i5D3. The number of amides is 1. The quantitative estimate of drug-likeness (QED) is 0.811. The van der Waals surface area contributed by atoms with Crippen molar-refractivity contribution in [3.63, 3.8) is 0 Å². The average Bonchev–Trinajstić information content (AvgIpc) is 2.95. The van der Waals surface area contributed by atoms with Gasteiger partial charge in [-0.15, -0.1) is 6.58 Å². The predicted octanol–water partition coefficient (Wildman–Crippen LogP) is 3.21. The van der Waals surface area contributed by atoms with Gasteiger partial charge in [0.25, 0.3) is 0 Å². The molecule has 2 heterocycles. The fourth-order valence-electron chi connectivity index (χ4n) is 2.31. The summed E-state index contributed by atoms with van der Waals surface area (Å²) in [6, 6.07) is 2.96. The van der Waals surface area contributed by atoms with Crippen molar-refractivity contribution >= 4 is 11.8 Å². The Morgan fingerprint density at radius 3 is 3.00 bits per heavy atom. The molecule has 0 spiro atoms. The monoisotopic (exact) mass is 346 g/mol. The second-order valence-corrected chi connectivity index (χ2v) is 6.56. The molecule has 134 valence electrons. The number of aryl methyl sites for hydroxylation is 1. The number of nitrogens with two attached hydrogens (primary N) is 1. The zero-order valence-electron chi connectivity index (χ0n) is 17.6. The van der Waals surface area contributed by atoms with Gasteiger partial charge < -0.3 is 15.8 Å². The molecular formula is C18H25N5O2. The highest BCUT2D eigenvalue weighted by atomic mass is 16.6. The van der Waals surface area contributed by atoms with Gasteiger partial charge in [-0.05, 0) is 44.9 Å². The first-order chi connectivity index (χ1) is 12.9. The Hall–Kier alpha value is -2.83. The van der Waals surface area contributed by atoms with E-state index < -0.39 is 24.7 Å². The first-order valence-corrected chi connectivity index (χ1v) is 7.83. The van der Waals surface area contributed by atoms with Gasteiger partial charge in [-0.3, -0.25) is 9.67 Å². The lowest BCUT2D eigenvalue weighted by atomic mass is 10.0. The minimum atomic E-state index is -2.50. The Bertz CT molecular complexity index is 856. The van der Waals surface area contributed by atoms with Crippen LogP contribution in [0.15, 0.2) is 37.2 Å². The van der Waals surface area contributed by atoms with Gasteiger partial charge in [-0.25, -0.2) is 4.79 Å². The first-order valence-electron chi connectivity index (χ1n) is 9.33. The number of ether oxygens (including phenoxy) is 1. The van der Waals surface area contributed by atoms with Crippen LogP contribution in [0.4, 0.5) is 10.5 Å². The van der Waals surface area contributed by atoms with Crippen molar-refractivity contribution in [2.75, 3.05) is 5.73 Å². The molecule has 0 saturated carbocycles. The Morgan fingerprint density at radius 1 is 1.60 bits per heavy atom. The minimum Gasteiger partial charge on any atom is -0.444 e. The smallest absolute Gasteiger partial charge is 0.408 e. The number of anilines is 1. The van der Waals surface area contributed by atoms with Crippen LogP contribution in [0.2, 0.25) is 0 Å². The van der Waals surface area contributed by atoms with Crippen LogP contribution in [0, 0.1) is 0 Å². The largest absolute Gasteiger partial charge is 0.444 e. The van der Waals surface area contributed by atoms with E-state index in [1.807, 2.05) is 0 Å². The summed E-state index contributed by atoms with van der Waals surface area (Å²) < 4.78 is 29.0. The van der Waals surface area contributed by atoms with Gasteiger partial charge in [0.15, 0.2) is 0 Å². The Labute approximate surface area is 152 Å². The number of pyridine rings is 1. The molecule has 3 N–H and O–H groups in total. The molecule has 1 amide bonds. The summed E-state index contributed by atoms with van der Waals surface area (Å²) in [5, 5.41) is 6.64. The number of carbonyl (C=O) groups is 1. The third kappa shape index (κ3) is 4.82. The van der Waals surface area contributed by atoms with Crippen molar-refractivity contribution in [2.24, 2.45) is 6.98 Å². The molecule has 0 aliphatic heterocycles. The maximum absolute atomic E-state index is 12.2. The van der Waals surface area contributed by atoms with Gasteiger partial charge in [-0.1, -0.05) is 6.08 Å². The molecule has 2 aromatic rings. The van der Waals surface area contributed by atoms with Crippen molar-refractivity contribution < 1.29 is 13.6 Å². The fraction of sp³-hybridized carbons (Fsp3) is 0.389. The summed E-state index contributed by atoms with van der Waals surface area (Å²) >= 11 is 0. The van der Waals surface area contributed by atoms with E-state index in [2.05, 4.69) is 22.0 Å². The second kappa shape index (κ2) is 7.38. The fourth-order valence-corrected chi connectivity index (χ4v) is 2.31. The van der Waals surface area contributed by atoms with Crippen molar-refractivity contribution in [1.29, 1.82) is 0 Å². The number of hydrogen-bond acceptors (Lipinski definition) is 5. The minimum absolute atomic E-state index is 0.191. The maximum atomic E-state index is 12.2. The van der Waals surface area contributed by atoms with Gasteiger partial charge in [0.1, 0.15) is 11.3 Å². The van der Waals surface area contributed by atoms with E-state index in [-0.39, 0.29) is 11.4 Å². The number of nitrogens with zero attached hydrogens (tertiary/aromatic N) is 3. The molecule has 25 heavy (non-hydrogen) atoms. The Kier molecular flexibility index (Phi) is 4.28. The lowest BCUT2D eigenvalue weighted by Gasteiger charge is -2.23. The molecule has 2 aromatic heterocycles. The molecule has 0 saturated heterocycles. The van der Waals surface area contributed by atoms with Crippen molar-refractivity contribution in [3.8, 4) is 11.4 Å². The van der Waals surface area contributed by atoms with Gasteiger partial charge in [-0.2, -0.15) is 5.10 Å². The Morgan fingerprint density at radius 2 is 2.36 bits per heavy atom. The van der Waals surface area contributed by atoms with E-state index >= 15 is 0 Å². The number of nitrogens with one attached hydrogen (secondary N) is 1. The third-order valence-electron chi connectivity index (χ3n) is 3.32. The van der Waals surface area contributed by atoms with E-state index in [1.165, 1.54) is 12.4 Å². The highest BCUT2D eigenvalue weighted by Gasteiger charge is 2.21. The van der Waals surface area contributed by atoms with Gasteiger partial charge in [0.05, 0.1) is 23.6 Å². The number of nitrogen functional groups attached to an aromatic ring is 1. The summed E-state index contributed by atoms with van der Waals surface area (Å²) in [7, 11) is 0. The topological polar surface area (TPSA) is 95.1 Å². The number of rotatable bonds is 5. The molecule has 7 heteroatoms. The van der Waals surface area contributed by atoms with Crippen LogP contribution in [-0.4, -0.2) is 26.5 Å². The molecule has 2 rings (SSSR count). The summed E-state index contributed by atoms with van der Waals surface area (Å²) in [6.45, 7) is 6.55. The molecular weight excluding hydrogens is 318 g/mol. The molecule has 0 aliphatic carbocycles. The van der Waals surface area contributed by atoms with E-state index in [1.54, 1.807) is 39.0 Å². The van der Waals surface area contributed by atoms with Gasteiger partial charge in [0.2, 0.25) is 0 Å². The predicted molar refractivity (Wildman–Crippen MR) is 97.8 cm³/mol. The maximum Gasteiger partial charge on any atom is 0.408 e. The molecule has 0 bridgehead atoms. The second-order valence-electron chi connectivity index (χ2n) is 6.56. The van der Waals surface area contributed by atoms with Crippen LogP contribution in [-0.2, 0) is 11.7 Å². The first kappa shape index (κ1) is 14.5. The number of hydrogen-bond donors (Lipinski definition) is 2. The molecule has 7 nitrogen and oxygen atoms in total. The molecule has 1 atom stereocenters. The Balaban J connectivity index is 2.39. The third-order valence-corrected chi connectivity index (χ3v) is 3.32. The van der Waals surface area contributed by atoms with Crippen LogP contribution >= 0.6 is 0 Å². The van der Waals surface area contributed by atoms with Crippen LogP contribution in [0.5, 0.6) is 0 Å². The normalized spacial score (nSPS) is 14.8. The van der Waals surface area contributed by atoms with Crippen molar-refractivity contribution in [2.45, 2.75) is 38.8 Å². The zero-order valence-corrected chi connectivity index (χ0v) is 14.6. The highest BCUT2D eigenvalue weighted by Crippen LogP contribution is 2.26. The van der Waals surface area contributed by atoms with Crippen LogP contribution in [0.1, 0.15) is 42.9 Å². The highest BCUT2D eigenvalue weighted by molar-refractivity contribution is 5.71. The summed E-state index contributed by atoms with van der Waals surface area (Å²) in [5.74, 6) is 0. The van der Waals surface area contributed by atoms with Crippen LogP contribution < -0.4 is 11.1 Å². The number of carbonyl (C=O) groups excluding carboxylic acids is 1. The molecule has 0 fully saturated rings. The zero-order chi connectivity index (χ0) is 21.1. The molecule has 0 radical (unpaired) electrons. The summed E-state index contributed by atoms with van der Waals surface area (Å²) in [6.07, 6.45) is 4.34. The SMILES string of the molecule is [2H]C([2H])([2H])n1ncc(N)c1-c1cc([C@H](CC=C)NC(=O)OC(C)(C)C)ccn1. The molecule has 0 unspecified atom stereocenters. The number of alkyl carbamates (subject to hydrolysis) is 1. The van der Waals surface area contributed by atoms with Crippen LogP contribution in [0.3, 0.4) is 0 Å². The van der Waals surface area contributed by atoms with Crippen molar-refractivity contribution in [1.82, 2.24) is 20.1 Å². The summed E-state index contributed by atoms with van der Waals surface area (Å²) in [4.78, 5) is 16.4. The van der Waals surface area contributed by atoms with E-state index in [0.717, 1.165) is 4.68 Å². The van der Waals surface area contributed by atoms with E-state index in [9.17, 15) is 4.79 Å². The molecule has 0 aromatic carbocycles. The van der Waals surface area contributed by atoms with Gasteiger partial charge in [0, 0.05) is 17.3 Å². The van der Waals surface area contributed by atoms with Gasteiger partial charge >= 0.3 is 6.09 Å². The van der Waals surface area contributed by atoms with Crippen molar-refractivity contribution in [3.05, 3.63) is 42.7 Å².